The van der Waals surface area contributed by atoms with Gasteiger partial charge in [-0.1, -0.05) is 0 Å². The van der Waals surface area contributed by atoms with Crippen LogP contribution in [0.1, 0.15) is 44.3 Å². The molecule has 13 heteroatoms. The van der Waals surface area contributed by atoms with Crippen molar-refractivity contribution >= 4 is 40.0 Å². The van der Waals surface area contributed by atoms with E-state index in [0.29, 0.717) is 51.7 Å². The molecule has 4 aromatic rings. The maximum absolute atomic E-state index is 13.2. The smallest absolute Gasteiger partial charge is 0.256 e. The molecule has 1 saturated heterocycles. The molecule has 1 amide bonds. The van der Waals surface area contributed by atoms with Crippen LogP contribution in [0.2, 0.25) is 0 Å². The van der Waals surface area contributed by atoms with E-state index in [9.17, 15) is 13.6 Å². The summed E-state index contributed by atoms with van der Waals surface area (Å²) < 4.78 is 27.7. The van der Waals surface area contributed by atoms with Crippen LogP contribution in [0.4, 0.5) is 20.5 Å². The number of aromatic nitrogens is 7. The van der Waals surface area contributed by atoms with Crippen LogP contribution in [0, 0.1) is 12.8 Å². The lowest BCUT2D eigenvalue weighted by molar-refractivity contribution is -0.135. The average molecular weight is 539 g/mol. The zero-order valence-electron chi connectivity index (χ0n) is 22.0. The summed E-state index contributed by atoms with van der Waals surface area (Å²) in [6.45, 7) is 2.96. The van der Waals surface area contributed by atoms with E-state index in [4.69, 9.17) is 9.97 Å². The van der Waals surface area contributed by atoms with E-state index in [2.05, 4.69) is 30.6 Å². The highest BCUT2D eigenvalue weighted by molar-refractivity contribution is 6.01. The molecule has 1 aliphatic carbocycles. The molecule has 1 aliphatic heterocycles. The number of likely N-dealkylation sites (tertiary alicyclic amines) is 1. The van der Waals surface area contributed by atoms with Crippen LogP contribution >= 0.6 is 0 Å². The highest BCUT2D eigenvalue weighted by atomic mass is 19.3. The van der Waals surface area contributed by atoms with E-state index >= 15 is 0 Å². The molecule has 0 unspecified atom stereocenters. The first-order chi connectivity index (χ1) is 18.9. The van der Waals surface area contributed by atoms with Crippen molar-refractivity contribution in [2.24, 2.45) is 5.92 Å². The molecule has 4 aromatic heterocycles. The second-order valence-electron chi connectivity index (χ2n) is 10.4. The fraction of sp³-hybridized carbons (Fsp3) is 0.538. The van der Waals surface area contributed by atoms with Gasteiger partial charge in [0.25, 0.3) is 6.43 Å². The van der Waals surface area contributed by atoms with Crippen LogP contribution in [0.3, 0.4) is 0 Å². The molecule has 3 N–H and O–H groups in total. The Labute approximate surface area is 223 Å². The van der Waals surface area contributed by atoms with Crippen molar-refractivity contribution in [2.45, 2.75) is 64.5 Å². The molecule has 0 atom stereocenters. The highest BCUT2D eigenvalue weighted by Gasteiger charge is 2.31. The predicted octanol–water partition coefficient (Wildman–Crippen LogP) is 3.97. The molecule has 2 fully saturated rings. The lowest BCUT2D eigenvalue weighted by Crippen LogP contribution is -2.37. The van der Waals surface area contributed by atoms with E-state index < -0.39 is 13.0 Å². The van der Waals surface area contributed by atoms with Gasteiger partial charge in [0, 0.05) is 43.9 Å². The van der Waals surface area contributed by atoms with Gasteiger partial charge in [-0.25, -0.2) is 23.7 Å². The van der Waals surface area contributed by atoms with Gasteiger partial charge in [0.2, 0.25) is 11.9 Å². The maximum Gasteiger partial charge on any atom is 0.256 e. The fourth-order valence-corrected chi connectivity index (χ4v) is 5.83. The number of carbonyl (C=O) groups excluding carboxylic acids is 1. The summed E-state index contributed by atoms with van der Waals surface area (Å²) in [7, 11) is 1.79. The Kier molecular flexibility index (Phi) is 6.73. The topological polar surface area (TPSA) is 130 Å². The first-order valence-electron chi connectivity index (χ1n) is 13.5. The SMILES string of the molecule is CNc1nc(N[C@H]2CC[C@H](C(=O)N3CCCC3)CC2)nc2[nH]cc(-c3cnc4nc(C)n(CC(F)F)c4n3)c12. The summed E-state index contributed by atoms with van der Waals surface area (Å²) in [6.07, 6.45) is 6.55. The van der Waals surface area contributed by atoms with Gasteiger partial charge >= 0.3 is 0 Å². The number of carbonyl (C=O) groups is 1. The zero-order chi connectivity index (χ0) is 27.1. The molecule has 6 rings (SSSR count). The van der Waals surface area contributed by atoms with Crippen molar-refractivity contribution in [1.82, 2.24) is 39.4 Å². The number of halogens is 2. The third kappa shape index (κ3) is 4.85. The Bertz CT molecular complexity index is 1500. The number of rotatable bonds is 7. The average Bonchev–Trinajstić information content (AvgIpc) is 3.68. The standard InChI is InChI=1S/C26H32F2N10O/c1-14-32-23-24(38(14)13-19(27)28)34-18(12-31-23)17-11-30-22-20(17)21(29-2)35-26(36-22)33-16-7-5-15(6-8-16)25(39)37-9-3-4-10-37/h11-12,15-16,19H,3-10,13H2,1-2H3,(H3,29,30,33,35,36)/t15-,16-. The summed E-state index contributed by atoms with van der Waals surface area (Å²) in [5.41, 5.74) is 2.46. The maximum atomic E-state index is 13.2. The van der Waals surface area contributed by atoms with Crippen LogP contribution in [0.5, 0.6) is 0 Å². The van der Waals surface area contributed by atoms with Gasteiger partial charge in [0.1, 0.15) is 17.3 Å². The normalized spacial score (nSPS) is 19.9. The molecule has 2 aliphatic rings. The molecule has 0 bridgehead atoms. The number of aryl methyl sites for hydroxylation is 1. The summed E-state index contributed by atoms with van der Waals surface area (Å²) in [5.74, 6) is 1.97. The van der Waals surface area contributed by atoms with E-state index in [1.807, 2.05) is 4.90 Å². The predicted molar refractivity (Wildman–Crippen MR) is 144 cm³/mol. The van der Waals surface area contributed by atoms with Crippen LogP contribution in [-0.4, -0.2) is 77.9 Å². The minimum Gasteiger partial charge on any atom is -0.372 e. The van der Waals surface area contributed by atoms with Crippen LogP contribution in [-0.2, 0) is 11.3 Å². The van der Waals surface area contributed by atoms with Gasteiger partial charge < -0.3 is 25.1 Å². The number of hydrogen-bond donors (Lipinski definition) is 3. The van der Waals surface area contributed by atoms with E-state index in [1.54, 1.807) is 26.4 Å². The van der Waals surface area contributed by atoms with E-state index in [1.165, 1.54) is 4.57 Å². The first kappa shape index (κ1) is 25.4. The lowest BCUT2D eigenvalue weighted by Gasteiger charge is -2.30. The van der Waals surface area contributed by atoms with Crippen molar-refractivity contribution in [2.75, 3.05) is 30.8 Å². The number of anilines is 2. The number of nitrogens with one attached hydrogen (secondary N) is 3. The molecule has 0 spiro atoms. The minimum absolute atomic E-state index is 0.114. The van der Waals surface area contributed by atoms with Crippen molar-refractivity contribution in [1.29, 1.82) is 0 Å². The molecule has 0 radical (unpaired) electrons. The third-order valence-corrected chi connectivity index (χ3v) is 7.84. The zero-order valence-corrected chi connectivity index (χ0v) is 22.0. The van der Waals surface area contributed by atoms with Gasteiger partial charge in [0.15, 0.2) is 11.3 Å². The second kappa shape index (κ2) is 10.3. The van der Waals surface area contributed by atoms with Gasteiger partial charge in [-0.15, -0.1) is 0 Å². The van der Waals surface area contributed by atoms with Crippen LogP contribution < -0.4 is 10.6 Å². The van der Waals surface area contributed by atoms with E-state index in [0.717, 1.165) is 57.0 Å². The quantitative estimate of drug-likeness (QED) is 0.322. The van der Waals surface area contributed by atoms with Gasteiger partial charge in [0.05, 0.1) is 23.8 Å². The fourth-order valence-electron chi connectivity index (χ4n) is 5.83. The number of alkyl halides is 2. The number of fused-ring (bicyclic) bond motifs is 2. The lowest BCUT2D eigenvalue weighted by atomic mass is 9.85. The molecule has 11 nitrogen and oxygen atoms in total. The number of imidazole rings is 1. The highest BCUT2D eigenvalue weighted by Crippen LogP contribution is 2.34. The number of amides is 1. The number of H-pyrrole nitrogens is 1. The Hall–Kier alpha value is -3.90. The molecular weight excluding hydrogens is 506 g/mol. The van der Waals surface area contributed by atoms with E-state index in [-0.39, 0.29) is 12.0 Å². The second-order valence-corrected chi connectivity index (χ2v) is 10.4. The summed E-state index contributed by atoms with van der Waals surface area (Å²) in [4.78, 5) is 40.7. The monoisotopic (exact) mass is 538 g/mol. The Morgan fingerprint density at radius 1 is 1.13 bits per heavy atom. The minimum atomic E-state index is -2.53. The van der Waals surface area contributed by atoms with Crippen molar-refractivity contribution in [3.63, 3.8) is 0 Å². The molecule has 206 valence electrons. The number of aromatic amines is 1. The Balaban J connectivity index is 1.23. The van der Waals surface area contributed by atoms with Crippen LogP contribution in [0.15, 0.2) is 12.4 Å². The first-order valence-corrected chi connectivity index (χ1v) is 13.5. The van der Waals surface area contributed by atoms with Gasteiger partial charge in [-0.3, -0.25) is 4.79 Å². The molecule has 5 heterocycles. The molecular formula is C26H32F2N10O. The molecule has 0 aromatic carbocycles. The van der Waals surface area contributed by atoms with Crippen molar-refractivity contribution < 1.29 is 13.6 Å². The molecule has 39 heavy (non-hydrogen) atoms. The Morgan fingerprint density at radius 2 is 1.90 bits per heavy atom. The summed E-state index contributed by atoms with van der Waals surface area (Å²) in [6, 6.07) is 0.191. The molecule has 1 saturated carbocycles. The number of nitrogens with zero attached hydrogens (tertiary/aromatic N) is 7. The Morgan fingerprint density at radius 3 is 2.62 bits per heavy atom. The van der Waals surface area contributed by atoms with Gasteiger partial charge in [-0.05, 0) is 45.4 Å². The largest absolute Gasteiger partial charge is 0.372 e. The van der Waals surface area contributed by atoms with Crippen molar-refractivity contribution in [3.05, 3.63) is 18.2 Å². The summed E-state index contributed by atoms with van der Waals surface area (Å²) in [5, 5.41) is 7.34. The van der Waals surface area contributed by atoms with Gasteiger partial charge in [-0.2, -0.15) is 9.97 Å². The van der Waals surface area contributed by atoms with Crippen molar-refractivity contribution in [3.8, 4) is 11.3 Å². The number of hydrogen-bond acceptors (Lipinski definition) is 8. The van der Waals surface area contributed by atoms with Crippen LogP contribution in [0.25, 0.3) is 33.6 Å². The third-order valence-electron chi connectivity index (χ3n) is 7.84. The summed E-state index contributed by atoms with van der Waals surface area (Å²) >= 11 is 0.